The van der Waals surface area contributed by atoms with E-state index >= 15 is 0 Å². The summed E-state index contributed by atoms with van der Waals surface area (Å²) in [5.74, 6) is -25.8. The Morgan fingerprint density at radius 3 is 1.23 bits per heavy atom. The van der Waals surface area contributed by atoms with Gasteiger partial charge in [-0.2, -0.15) is 0 Å². The van der Waals surface area contributed by atoms with Gasteiger partial charge in [-0.25, -0.2) is 43.9 Å². The van der Waals surface area contributed by atoms with Crippen LogP contribution in [0.3, 0.4) is 0 Å². The quantitative estimate of drug-likeness (QED) is 0.144. The van der Waals surface area contributed by atoms with Crippen LogP contribution in [0.5, 0.6) is 0 Å². The summed E-state index contributed by atoms with van der Waals surface area (Å²) in [6, 6.07) is 0. The molecule has 35 heavy (non-hydrogen) atoms. The second kappa shape index (κ2) is 14.3. The molecule has 11 heteroatoms. The van der Waals surface area contributed by atoms with Gasteiger partial charge in [0, 0.05) is 0 Å². The predicted octanol–water partition coefficient (Wildman–Crippen LogP) is 8.34. The van der Waals surface area contributed by atoms with Crippen LogP contribution in [0.15, 0.2) is 0 Å². The van der Waals surface area contributed by atoms with Crippen molar-refractivity contribution in [3.8, 4) is 11.1 Å². The third-order valence-corrected chi connectivity index (χ3v) is 5.15. The van der Waals surface area contributed by atoms with Gasteiger partial charge < -0.3 is 5.32 Å². The molecule has 0 aliphatic heterocycles. The molecule has 0 spiro atoms. The second-order valence-electron chi connectivity index (χ2n) is 8.05. The monoisotopic (exact) mass is 519 g/mol. The molecule has 0 aromatic heterocycles. The second-order valence-corrected chi connectivity index (χ2v) is 8.05. The molecule has 0 bridgehead atoms. The zero-order valence-corrected chi connectivity index (χ0v) is 19.5. The van der Waals surface area contributed by atoms with E-state index in [-0.39, 0.29) is 0 Å². The van der Waals surface area contributed by atoms with Crippen molar-refractivity contribution < 1.29 is 43.9 Å². The van der Waals surface area contributed by atoms with Crippen molar-refractivity contribution >= 4 is 0 Å². The maximum Gasteiger partial charge on any atom is 0.200 e. The number of rotatable bonds is 10. The third kappa shape index (κ3) is 7.59. The summed E-state index contributed by atoms with van der Waals surface area (Å²) in [7, 11) is 0. The van der Waals surface area contributed by atoms with Crippen molar-refractivity contribution in [2.24, 2.45) is 5.92 Å². The van der Waals surface area contributed by atoms with E-state index < -0.39 is 69.3 Å². The molecule has 0 amide bonds. The van der Waals surface area contributed by atoms with Crippen LogP contribution in [0.2, 0.25) is 0 Å². The minimum absolute atomic E-state index is 0.858. The minimum atomic E-state index is -2.68. The van der Waals surface area contributed by atoms with E-state index in [0.717, 1.165) is 5.92 Å². The maximum absolute atomic E-state index is 13.4. The summed E-state index contributed by atoms with van der Waals surface area (Å²) >= 11 is 0. The Balaban J connectivity index is 0.000000405. The minimum Gasteiger partial charge on any atom is -0.316 e. The number of hydrogen-bond acceptors (Lipinski definition) is 1. The van der Waals surface area contributed by atoms with Gasteiger partial charge in [-0.3, -0.25) is 0 Å². The molecule has 198 valence electrons. The highest BCUT2D eigenvalue weighted by Gasteiger charge is 2.34. The maximum atomic E-state index is 13.4. The highest BCUT2D eigenvalue weighted by molar-refractivity contribution is 5.67. The van der Waals surface area contributed by atoms with Gasteiger partial charge in [-0.15, -0.1) is 0 Å². The van der Waals surface area contributed by atoms with Crippen LogP contribution in [-0.4, -0.2) is 13.1 Å². The van der Waals surface area contributed by atoms with Crippen LogP contribution in [-0.2, 0) is 0 Å². The first-order valence-electron chi connectivity index (χ1n) is 11.2. The lowest BCUT2D eigenvalue weighted by molar-refractivity contribution is 0.370. The Morgan fingerprint density at radius 1 is 0.514 bits per heavy atom. The molecule has 2 aromatic rings. The fourth-order valence-electron chi connectivity index (χ4n) is 3.27. The van der Waals surface area contributed by atoms with E-state index in [1.54, 1.807) is 0 Å². The summed E-state index contributed by atoms with van der Waals surface area (Å²) in [6.45, 7) is 9.28. The predicted molar refractivity (Wildman–Crippen MR) is 113 cm³/mol. The first-order valence-corrected chi connectivity index (χ1v) is 11.2. The van der Waals surface area contributed by atoms with E-state index in [0.29, 0.717) is 0 Å². The van der Waals surface area contributed by atoms with Gasteiger partial charge in [0.15, 0.2) is 46.5 Å². The summed E-state index contributed by atoms with van der Waals surface area (Å²) < 4.78 is 131. The zero-order chi connectivity index (χ0) is 26.9. The van der Waals surface area contributed by atoms with Crippen LogP contribution in [0, 0.1) is 64.1 Å². The fourth-order valence-corrected chi connectivity index (χ4v) is 3.27. The number of benzene rings is 2. The van der Waals surface area contributed by atoms with Crippen LogP contribution in [0.25, 0.3) is 11.1 Å². The molecule has 0 aliphatic rings. The van der Waals surface area contributed by atoms with Gasteiger partial charge in [-0.1, -0.05) is 46.5 Å². The largest absolute Gasteiger partial charge is 0.316 e. The van der Waals surface area contributed by atoms with Crippen LogP contribution >= 0.6 is 0 Å². The molecular weight excluding hydrogens is 492 g/mol. The zero-order valence-electron chi connectivity index (χ0n) is 19.5. The Hall–Kier alpha value is -2.30. The number of halogens is 10. The van der Waals surface area contributed by atoms with E-state index in [1.165, 1.54) is 51.6 Å². The van der Waals surface area contributed by atoms with Gasteiger partial charge in [0.1, 0.15) is 0 Å². The lowest BCUT2D eigenvalue weighted by Crippen LogP contribution is -2.22. The summed E-state index contributed by atoms with van der Waals surface area (Å²) in [5, 5.41) is 3.53. The molecule has 2 rings (SSSR count). The van der Waals surface area contributed by atoms with E-state index in [9.17, 15) is 43.9 Å². The molecule has 0 fully saturated rings. The standard InChI is InChI=1S/C12F10.C12H27N/c13-3-1(4(14)8(18)11(21)7(3)17)2-5(15)9(19)12(22)10(20)6(2)16;1-4-6-7-8-10-13-11-12(3)9-5-2/h;12-13H,4-11H2,1-3H3. The molecule has 1 atom stereocenters. The highest BCUT2D eigenvalue weighted by atomic mass is 19.2. The van der Waals surface area contributed by atoms with Crippen LogP contribution in [0.4, 0.5) is 43.9 Å². The first-order chi connectivity index (χ1) is 16.4. The third-order valence-electron chi connectivity index (χ3n) is 5.15. The SMILES string of the molecule is CCCCCCNCC(C)CCC.Fc1c(F)c(F)c(-c2c(F)c(F)c(F)c(F)c2F)c(F)c1F. The summed E-state index contributed by atoms with van der Waals surface area (Å²) in [6.07, 6.45) is 8.16. The number of hydrogen-bond donors (Lipinski definition) is 1. The van der Waals surface area contributed by atoms with Crippen LogP contribution in [0.1, 0.15) is 59.3 Å². The topological polar surface area (TPSA) is 12.0 Å². The van der Waals surface area contributed by atoms with Gasteiger partial charge in [0.25, 0.3) is 0 Å². The van der Waals surface area contributed by atoms with Crippen molar-refractivity contribution in [3.05, 3.63) is 58.2 Å². The van der Waals surface area contributed by atoms with Crippen molar-refractivity contribution in [1.82, 2.24) is 5.32 Å². The average Bonchev–Trinajstić information content (AvgIpc) is 2.83. The fraction of sp³-hybridized carbons (Fsp3) is 0.500. The Bertz CT molecular complexity index is 868. The average molecular weight is 519 g/mol. The van der Waals surface area contributed by atoms with Gasteiger partial charge in [0.2, 0.25) is 11.6 Å². The lowest BCUT2D eigenvalue weighted by Gasteiger charge is -2.11. The smallest absolute Gasteiger partial charge is 0.200 e. The van der Waals surface area contributed by atoms with E-state index in [2.05, 4.69) is 26.1 Å². The molecular formula is C24H27F10N. The van der Waals surface area contributed by atoms with Crippen molar-refractivity contribution in [2.45, 2.75) is 59.3 Å². The Morgan fingerprint density at radius 2 is 0.886 bits per heavy atom. The van der Waals surface area contributed by atoms with Gasteiger partial charge in [0.05, 0.1) is 11.1 Å². The van der Waals surface area contributed by atoms with Crippen molar-refractivity contribution in [2.75, 3.05) is 13.1 Å². The van der Waals surface area contributed by atoms with Crippen molar-refractivity contribution in [3.63, 3.8) is 0 Å². The lowest BCUT2D eigenvalue weighted by atomic mass is 10.0. The molecule has 0 aliphatic carbocycles. The molecule has 0 heterocycles. The summed E-state index contributed by atoms with van der Waals surface area (Å²) in [4.78, 5) is 0. The molecule has 2 aromatic carbocycles. The first kappa shape index (κ1) is 30.7. The Labute approximate surface area is 197 Å². The molecule has 1 unspecified atom stereocenters. The molecule has 0 saturated carbocycles. The number of nitrogens with one attached hydrogen (secondary N) is 1. The molecule has 1 N–H and O–H groups in total. The van der Waals surface area contributed by atoms with Gasteiger partial charge in [-0.05, 0) is 31.8 Å². The van der Waals surface area contributed by atoms with Crippen molar-refractivity contribution in [1.29, 1.82) is 0 Å². The Kier molecular flexibility index (Phi) is 12.6. The summed E-state index contributed by atoms with van der Waals surface area (Å²) in [5.41, 5.74) is -4.52. The van der Waals surface area contributed by atoms with Gasteiger partial charge >= 0.3 is 0 Å². The molecule has 0 radical (unpaired) electrons. The van der Waals surface area contributed by atoms with Crippen LogP contribution < -0.4 is 5.32 Å². The molecule has 1 nitrogen and oxygen atoms in total. The number of unbranched alkanes of at least 4 members (excludes halogenated alkanes) is 3. The highest BCUT2D eigenvalue weighted by Crippen LogP contribution is 2.37. The van der Waals surface area contributed by atoms with E-state index in [1.807, 2.05) is 0 Å². The molecule has 0 saturated heterocycles. The van der Waals surface area contributed by atoms with E-state index in [4.69, 9.17) is 0 Å². The normalized spacial score (nSPS) is 11.9.